The van der Waals surface area contributed by atoms with Gasteiger partial charge in [0.1, 0.15) is 0 Å². The zero-order valence-electron chi connectivity index (χ0n) is 18.9. The van der Waals surface area contributed by atoms with E-state index in [0.29, 0.717) is 10.3 Å². The lowest BCUT2D eigenvalue weighted by molar-refractivity contribution is 0.509. The van der Waals surface area contributed by atoms with Gasteiger partial charge in [-0.3, -0.25) is 0 Å². The molecule has 2 fully saturated rings. The fourth-order valence-electron chi connectivity index (χ4n) is 6.88. The summed E-state index contributed by atoms with van der Waals surface area (Å²) in [5.41, 5.74) is 4.13. The van der Waals surface area contributed by atoms with Crippen LogP contribution in [-0.4, -0.2) is 39.6 Å². The molecule has 0 unspecified atom stereocenters. The van der Waals surface area contributed by atoms with Gasteiger partial charge in [0.2, 0.25) is 0 Å². The fourth-order valence-corrected chi connectivity index (χ4v) is 19.1. The molecule has 2 aliphatic heterocycles. The molecule has 0 spiro atoms. The third kappa shape index (κ3) is 3.29. The van der Waals surface area contributed by atoms with Gasteiger partial charge >= 0.3 is 0 Å². The van der Waals surface area contributed by atoms with Crippen molar-refractivity contribution < 1.29 is 0 Å². The third-order valence-electron chi connectivity index (χ3n) is 9.20. The highest BCUT2D eigenvalue weighted by atomic mass is 31.2. The molecule has 2 rings (SSSR count). The van der Waals surface area contributed by atoms with E-state index in [-0.39, 0.29) is 7.92 Å². The molecule has 0 N–H and O–H groups in total. The first-order chi connectivity index (χ1) is 11.6. The van der Waals surface area contributed by atoms with Crippen molar-refractivity contribution in [3.8, 4) is 0 Å². The van der Waals surface area contributed by atoms with Crippen molar-refractivity contribution in [3.63, 3.8) is 0 Å². The molecule has 0 aromatic rings. The lowest BCUT2D eigenvalue weighted by Gasteiger charge is -2.55. The van der Waals surface area contributed by atoms with Crippen molar-refractivity contribution in [2.75, 3.05) is 6.66 Å². The number of hydrogen-bond donors (Lipinski definition) is 0. The molecule has 2 heterocycles. The van der Waals surface area contributed by atoms with E-state index < -0.39 is 7.26 Å². The first kappa shape index (κ1) is 22.2. The van der Waals surface area contributed by atoms with E-state index in [0.717, 1.165) is 22.6 Å². The predicted octanol–water partition coefficient (Wildman–Crippen LogP) is 8.37. The van der Waals surface area contributed by atoms with Gasteiger partial charge in [-0.05, 0) is 76.5 Å². The monoisotopic (exact) mass is 385 g/mol. The Kier molecular flexibility index (Phi) is 7.16. The molecule has 148 valence electrons. The molecule has 0 aromatic carbocycles. The molecule has 4 atom stereocenters. The van der Waals surface area contributed by atoms with Crippen LogP contribution in [-0.2, 0) is 0 Å². The van der Waals surface area contributed by atoms with E-state index in [2.05, 4.69) is 62.1 Å². The summed E-state index contributed by atoms with van der Waals surface area (Å²) in [4.78, 5) is 0. The van der Waals surface area contributed by atoms with Crippen molar-refractivity contribution >= 4 is 15.2 Å². The maximum absolute atomic E-state index is 2.82. The molecule has 0 radical (unpaired) electrons. The van der Waals surface area contributed by atoms with Crippen LogP contribution >= 0.6 is 15.2 Å². The van der Waals surface area contributed by atoms with Gasteiger partial charge < -0.3 is 0 Å². The summed E-state index contributed by atoms with van der Waals surface area (Å²) in [6.45, 7) is 23.6. The summed E-state index contributed by atoms with van der Waals surface area (Å²) in [5, 5.41) is 1.04. The Labute approximate surface area is 161 Å². The topological polar surface area (TPSA) is 0 Å². The number of hydrogen-bond acceptors (Lipinski definition) is 0. The van der Waals surface area contributed by atoms with Crippen LogP contribution in [0.3, 0.4) is 0 Å². The molecule has 2 aliphatic rings. The van der Waals surface area contributed by atoms with Crippen LogP contribution in [0.4, 0.5) is 0 Å². The van der Waals surface area contributed by atoms with Crippen molar-refractivity contribution in [2.45, 2.75) is 140 Å². The van der Waals surface area contributed by atoms with Crippen molar-refractivity contribution in [1.82, 2.24) is 0 Å². The molecule has 2 heteroatoms. The van der Waals surface area contributed by atoms with Crippen molar-refractivity contribution in [3.05, 3.63) is 0 Å². The van der Waals surface area contributed by atoms with Gasteiger partial charge in [-0.25, -0.2) is 0 Å². The summed E-state index contributed by atoms with van der Waals surface area (Å²) >= 11 is 0. The Hall–Kier alpha value is 0.860. The average Bonchev–Trinajstić information content (AvgIpc) is 3.15. The zero-order valence-corrected chi connectivity index (χ0v) is 20.6. The van der Waals surface area contributed by atoms with Crippen LogP contribution in [0.15, 0.2) is 0 Å². The molecule has 2 saturated heterocycles. The summed E-state index contributed by atoms with van der Waals surface area (Å²) in [5.74, 6) is 0. The molecular weight excluding hydrogens is 338 g/mol. The first-order valence-corrected chi connectivity index (χ1v) is 15.1. The second kappa shape index (κ2) is 8.08. The molecular formula is C23H47P2+. The van der Waals surface area contributed by atoms with Crippen LogP contribution in [0.2, 0.25) is 0 Å². The Bertz CT molecular complexity index is 415. The van der Waals surface area contributed by atoms with Gasteiger partial charge in [0.05, 0.1) is 16.5 Å². The Morgan fingerprint density at radius 2 is 1.12 bits per heavy atom. The maximum atomic E-state index is 2.82. The summed E-state index contributed by atoms with van der Waals surface area (Å²) in [6, 6.07) is 0. The standard InChI is InChI=1S/C23H47P2/c1-10-18-14-15-19(11-2)24(18)22(5,6)23(7,8)25(9)20(12-3)16-17-21(25)13-4/h18-21H,10-17H2,1-9H3/q+1/t18-,19-,20-,21-/m1/s1. The van der Waals surface area contributed by atoms with Gasteiger partial charge in [-0.15, -0.1) is 0 Å². The molecule has 0 aromatic heterocycles. The van der Waals surface area contributed by atoms with Crippen molar-refractivity contribution in [1.29, 1.82) is 0 Å². The van der Waals surface area contributed by atoms with Gasteiger partial charge in [-0.2, -0.15) is 0 Å². The minimum Gasteiger partial charge on any atom is -0.0903 e. The molecule has 25 heavy (non-hydrogen) atoms. The summed E-state index contributed by atoms with van der Waals surface area (Å²) in [7, 11) is -0.847. The van der Waals surface area contributed by atoms with E-state index in [9.17, 15) is 0 Å². The largest absolute Gasteiger partial charge is 0.0903 e. The van der Waals surface area contributed by atoms with E-state index in [1.165, 1.54) is 51.4 Å². The van der Waals surface area contributed by atoms with E-state index in [1.807, 2.05) is 0 Å². The highest BCUT2D eigenvalue weighted by Gasteiger charge is 2.67. The van der Waals surface area contributed by atoms with Gasteiger partial charge in [-0.1, -0.05) is 49.5 Å². The van der Waals surface area contributed by atoms with Gasteiger partial charge in [0.25, 0.3) is 0 Å². The Balaban J connectivity index is 2.47. The highest BCUT2D eigenvalue weighted by Crippen LogP contribution is 2.85. The molecule has 0 aliphatic carbocycles. The fraction of sp³-hybridized carbons (Fsp3) is 1.00. The van der Waals surface area contributed by atoms with Gasteiger partial charge in [0, 0.05) is 19.1 Å². The smallest absolute Gasteiger partial charge is 0.0835 e. The molecule has 0 bridgehead atoms. The van der Waals surface area contributed by atoms with Gasteiger partial charge in [0.15, 0.2) is 0 Å². The zero-order chi connectivity index (χ0) is 19.0. The predicted molar refractivity (Wildman–Crippen MR) is 123 cm³/mol. The minimum atomic E-state index is -0.975. The summed E-state index contributed by atoms with van der Waals surface area (Å²) < 4.78 is 0. The van der Waals surface area contributed by atoms with Crippen LogP contribution in [0.1, 0.15) is 107 Å². The number of rotatable bonds is 7. The molecule has 0 amide bonds. The van der Waals surface area contributed by atoms with Crippen LogP contribution in [0.25, 0.3) is 0 Å². The minimum absolute atomic E-state index is 0.128. The SMILES string of the molecule is CC[C@@H]1CC[C@@H](CC)P1C(C)(C)C(C)(C)[P+]1(C)[C@H](CC)CC[C@H]1CC. The van der Waals surface area contributed by atoms with Crippen LogP contribution < -0.4 is 0 Å². The van der Waals surface area contributed by atoms with E-state index in [4.69, 9.17) is 0 Å². The average molecular weight is 386 g/mol. The quantitative estimate of drug-likeness (QED) is 0.386. The lowest BCUT2D eigenvalue weighted by Crippen LogP contribution is -2.50. The second-order valence-electron chi connectivity index (χ2n) is 10.1. The van der Waals surface area contributed by atoms with E-state index >= 15 is 0 Å². The summed E-state index contributed by atoms with van der Waals surface area (Å²) in [6.07, 6.45) is 11.8. The Morgan fingerprint density at radius 3 is 1.44 bits per heavy atom. The Morgan fingerprint density at radius 1 is 0.720 bits per heavy atom. The molecule has 0 nitrogen and oxygen atoms in total. The second-order valence-corrected chi connectivity index (χ2v) is 18.3. The molecule has 0 saturated carbocycles. The highest BCUT2D eigenvalue weighted by molar-refractivity contribution is 7.79. The van der Waals surface area contributed by atoms with E-state index in [1.54, 1.807) is 0 Å². The maximum Gasteiger partial charge on any atom is 0.0835 e. The van der Waals surface area contributed by atoms with Crippen LogP contribution in [0, 0.1) is 0 Å². The third-order valence-corrected chi connectivity index (χ3v) is 21.3. The first-order valence-electron chi connectivity index (χ1n) is 11.3. The van der Waals surface area contributed by atoms with Crippen LogP contribution in [0.5, 0.6) is 0 Å². The lowest BCUT2D eigenvalue weighted by atomic mass is 9.98. The van der Waals surface area contributed by atoms with Crippen molar-refractivity contribution in [2.24, 2.45) is 0 Å². The normalized spacial score (nSPS) is 34.0.